The second-order valence-electron chi connectivity index (χ2n) is 2.38. The van der Waals surface area contributed by atoms with Gasteiger partial charge in [0.15, 0.2) is 0 Å². The first-order valence-corrected chi connectivity index (χ1v) is 3.05. The van der Waals surface area contributed by atoms with Gasteiger partial charge in [-0.15, -0.1) is 0 Å². The Bertz CT molecular complexity index is 158. The first-order valence-electron chi connectivity index (χ1n) is 3.05. The summed E-state index contributed by atoms with van der Waals surface area (Å²) in [6, 6.07) is 0. The number of hydrogen-bond acceptors (Lipinski definition) is 2. The van der Waals surface area contributed by atoms with Crippen LogP contribution in [0.25, 0.3) is 0 Å². The number of carbonyl (C=O) groups is 1. The minimum Gasteiger partial charge on any atom is -0.458 e. The molecule has 0 saturated heterocycles. The smallest absolute Gasteiger partial charge is 0.310 e. The fraction of sp³-hybridized carbons (Fsp3) is 0.571. The summed E-state index contributed by atoms with van der Waals surface area (Å²) in [6.07, 6.45) is 2.40. The molecule has 1 unspecified atom stereocenters. The van der Waals surface area contributed by atoms with Gasteiger partial charge in [-0.1, -0.05) is 5.57 Å². The molecule has 1 aliphatic rings. The van der Waals surface area contributed by atoms with E-state index in [1.807, 2.05) is 19.9 Å². The molecule has 0 bridgehead atoms. The van der Waals surface area contributed by atoms with Crippen LogP contribution < -0.4 is 0 Å². The van der Waals surface area contributed by atoms with Crippen molar-refractivity contribution in [1.82, 2.24) is 0 Å². The summed E-state index contributed by atoms with van der Waals surface area (Å²) in [5.41, 5.74) is 1.11. The Morgan fingerprint density at radius 1 is 1.78 bits per heavy atom. The summed E-state index contributed by atoms with van der Waals surface area (Å²) in [7, 11) is 0. The third kappa shape index (κ3) is 1.56. The lowest BCUT2D eigenvalue weighted by Crippen LogP contribution is -2.17. The van der Waals surface area contributed by atoms with Crippen LogP contribution in [0.5, 0.6) is 0 Å². The van der Waals surface area contributed by atoms with Gasteiger partial charge in [-0.05, 0) is 19.9 Å². The van der Waals surface area contributed by atoms with E-state index in [1.54, 1.807) is 0 Å². The lowest BCUT2D eigenvalue weighted by Gasteiger charge is -2.15. The van der Waals surface area contributed by atoms with Crippen LogP contribution in [0.4, 0.5) is 0 Å². The summed E-state index contributed by atoms with van der Waals surface area (Å²) >= 11 is 0. The SMILES string of the molecule is CC1=CC(C)OC(=O)C1. The van der Waals surface area contributed by atoms with E-state index in [0.29, 0.717) is 6.42 Å². The average Bonchev–Trinajstić information content (AvgIpc) is 1.59. The van der Waals surface area contributed by atoms with Gasteiger partial charge >= 0.3 is 5.97 Å². The van der Waals surface area contributed by atoms with Gasteiger partial charge in [0.1, 0.15) is 6.10 Å². The molecule has 0 fully saturated rings. The number of esters is 1. The molecule has 1 rings (SSSR count). The fourth-order valence-electron chi connectivity index (χ4n) is 0.970. The predicted octanol–water partition coefficient (Wildman–Crippen LogP) is 1.27. The van der Waals surface area contributed by atoms with Gasteiger partial charge in [0.05, 0.1) is 6.42 Å². The van der Waals surface area contributed by atoms with Crippen LogP contribution in [-0.4, -0.2) is 12.1 Å². The molecule has 2 heteroatoms. The van der Waals surface area contributed by atoms with E-state index in [-0.39, 0.29) is 12.1 Å². The Hall–Kier alpha value is -0.790. The zero-order valence-corrected chi connectivity index (χ0v) is 5.68. The second kappa shape index (κ2) is 2.21. The fourth-order valence-corrected chi connectivity index (χ4v) is 0.970. The second-order valence-corrected chi connectivity index (χ2v) is 2.38. The summed E-state index contributed by atoms with van der Waals surface area (Å²) in [4.78, 5) is 10.6. The van der Waals surface area contributed by atoms with E-state index in [1.165, 1.54) is 0 Å². The van der Waals surface area contributed by atoms with Crippen molar-refractivity contribution in [3.63, 3.8) is 0 Å². The van der Waals surface area contributed by atoms with Crippen molar-refractivity contribution in [2.45, 2.75) is 26.4 Å². The highest BCUT2D eigenvalue weighted by Gasteiger charge is 2.13. The maximum atomic E-state index is 10.6. The highest BCUT2D eigenvalue weighted by Crippen LogP contribution is 2.12. The molecule has 2 nitrogen and oxygen atoms in total. The molecule has 0 N–H and O–H groups in total. The van der Waals surface area contributed by atoms with Crippen LogP contribution in [0.2, 0.25) is 0 Å². The zero-order valence-electron chi connectivity index (χ0n) is 5.68. The molecule has 0 spiro atoms. The molecule has 0 aromatic heterocycles. The third-order valence-corrected chi connectivity index (χ3v) is 1.26. The van der Waals surface area contributed by atoms with Gasteiger partial charge in [0.2, 0.25) is 0 Å². The number of cyclic esters (lactones) is 1. The van der Waals surface area contributed by atoms with Crippen LogP contribution in [0.1, 0.15) is 20.3 Å². The molecule has 1 aliphatic heterocycles. The van der Waals surface area contributed by atoms with Crippen molar-refractivity contribution >= 4 is 5.97 Å². The molecular formula is C7H10O2. The first-order chi connectivity index (χ1) is 4.18. The zero-order chi connectivity index (χ0) is 6.85. The molecule has 0 saturated carbocycles. The van der Waals surface area contributed by atoms with Crippen molar-refractivity contribution in [1.29, 1.82) is 0 Å². The predicted molar refractivity (Wildman–Crippen MR) is 33.9 cm³/mol. The molecule has 1 heterocycles. The summed E-state index contributed by atoms with van der Waals surface area (Å²) in [5.74, 6) is -0.109. The van der Waals surface area contributed by atoms with Crippen molar-refractivity contribution in [2.75, 3.05) is 0 Å². The average molecular weight is 126 g/mol. The van der Waals surface area contributed by atoms with Crippen LogP contribution in [0.15, 0.2) is 11.6 Å². The van der Waals surface area contributed by atoms with Gasteiger partial charge in [-0.25, -0.2) is 0 Å². The van der Waals surface area contributed by atoms with Crippen molar-refractivity contribution in [2.24, 2.45) is 0 Å². The maximum absolute atomic E-state index is 10.6. The number of ether oxygens (including phenoxy) is 1. The highest BCUT2D eigenvalue weighted by atomic mass is 16.5. The first kappa shape index (κ1) is 6.33. The molecule has 0 amide bonds. The standard InChI is InChI=1S/C7H10O2/c1-5-3-6(2)9-7(8)4-5/h3,6H,4H2,1-2H3. The Balaban J connectivity index is 2.67. The van der Waals surface area contributed by atoms with Crippen LogP contribution >= 0.6 is 0 Å². The Morgan fingerprint density at radius 2 is 2.44 bits per heavy atom. The van der Waals surface area contributed by atoms with Gasteiger partial charge in [0, 0.05) is 0 Å². The lowest BCUT2D eigenvalue weighted by atomic mass is 10.1. The van der Waals surface area contributed by atoms with Gasteiger partial charge < -0.3 is 4.74 Å². The molecule has 0 aromatic rings. The highest BCUT2D eigenvalue weighted by molar-refractivity contribution is 5.73. The Kier molecular flexibility index (Phi) is 1.56. The van der Waals surface area contributed by atoms with E-state index in [4.69, 9.17) is 4.74 Å². The van der Waals surface area contributed by atoms with E-state index in [2.05, 4.69) is 0 Å². The van der Waals surface area contributed by atoms with E-state index in [9.17, 15) is 4.79 Å². The normalized spacial score (nSPS) is 27.1. The number of carbonyl (C=O) groups excluding carboxylic acids is 1. The third-order valence-electron chi connectivity index (χ3n) is 1.26. The van der Waals surface area contributed by atoms with E-state index in [0.717, 1.165) is 5.57 Å². The van der Waals surface area contributed by atoms with Gasteiger partial charge in [0.25, 0.3) is 0 Å². The van der Waals surface area contributed by atoms with E-state index >= 15 is 0 Å². The van der Waals surface area contributed by atoms with Crippen LogP contribution in [0.3, 0.4) is 0 Å². The Labute approximate surface area is 54.5 Å². The van der Waals surface area contributed by atoms with Crippen LogP contribution in [-0.2, 0) is 9.53 Å². The minimum absolute atomic E-state index is 0.0220. The molecule has 0 radical (unpaired) electrons. The molecule has 50 valence electrons. The molecule has 9 heavy (non-hydrogen) atoms. The van der Waals surface area contributed by atoms with E-state index < -0.39 is 0 Å². The number of hydrogen-bond donors (Lipinski definition) is 0. The molecule has 0 aromatic carbocycles. The van der Waals surface area contributed by atoms with Gasteiger partial charge in [-0.3, -0.25) is 4.79 Å². The quantitative estimate of drug-likeness (QED) is 0.361. The topological polar surface area (TPSA) is 26.3 Å². The minimum atomic E-state index is -0.109. The number of rotatable bonds is 0. The lowest BCUT2D eigenvalue weighted by molar-refractivity contribution is -0.146. The summed E-state index contributed by atoms with van der Waals surface area (Å²) in [5, 5.41) is 0. The molecule has 1 atom stereocenters. The van der Waals surface area contributed by atoms with Crippen molar-refractivity contribution in [3.8, 4) is 0 Å². The van der Waals surface area contributed by atoms with Crippen LogP contribution in [0, 0.1) is 0 Å². The molecular weight excluding hydrogens is 116 g/mol. The maximum Gasteiger partial charge on any atom is 0.310 e. The Morgan fingerprint density at radius 3 is 2.89 bits per heavy atom. The molecule has 0 aliphatic carbocycles. The summed E-state index contributed by atoms with van der Waals surface area (Å²) in [6.45, 7) is 3.80. The monoisotopic (exact) mass is 126 g/mol. The van der Waals surface area contributed by atoms with Crippen molar-refractivity contribution in [3.05, 3.63) is 11.6 Å². The van der Waals surface area contributed by atoms with Gasteiger partial charge in [-0.2, -0.15) is 0 Å². The van der Waals surface area contributed by atoms with Crippen molar-refractivity contribution < 1.29 is 9.53 Å². The summed E-state index contributed by atoms with van der Waals surface area (Å²) < 4.78 is 4.84. The largest absolute Gasteiger partial charge is 0.458 e.